The maximum Gasteiger partial charge on any atom is 0.319 e. The molecule has 36 heavy (non-hydrogen) atoms. The molecule has 3 N–H and O–H groups in total. The summed E-state index contributed by atoms with van der Waals surface area (Å²) in [4.78, 5) is 12.6. The lowest BCUT2D eigenvalue weighted by molar-refractivity contribution is 0.251. The molecular formula is C28H29Cl2F2N3O. The molecule has 190 valence electrons. The van der Waals surface area contributed by atoms with Crippen LogP contribution in [0.1, 0.15) is 43.6 Å². The fourth-order valence-corrected chi connectivity index (χ4v) is 5.14. The van der Waals surface area contributed by atoms with Gasteiger partial charge in [-0.3, -0.25) is 0 Å². The van der Waals surface area contributed by atoms with Crippen LogP contribution < -0.4 is 16.0 Å². The molecule has 1 atom stereocenters. The third-order valence-corrected chi connectivity index (χ3v) is 6.98. The predicted octanol–water partition coefficient (Wildman–Crippen LogP) is 7.77. The van der Waals surface area contributed by atoms with Crippen molar-refractivity contribution in [3.05, 3.63) is 87.9 Å². The standard InChI is InChI=1S/C28H29Cl2F2N3O/c29-22-14-23(30)16-25(15-22)35-28(36)34-17-21(11-12-33-24-3-1-2-4-24)19-7-5-18(6-8-19)20-9-10-26(31)27(32)13-20/h5-10,13-16,21,24,33H,1-4,11-12,17H2,(H2,34,35,36). The first kappa shape index (κ1) is 26.4. The van der Waals surface area contributed by atoms with E-state index in [1.165, 1.54) is 31.7 Å². The molecule has 0 aliphatic heterocycles. The molecule has 3 aromatic carbocycles. The molecule has 1 saturated carbocycles. The van der Waals surface area contributed by atoms with Crippen molar-refractivity contribution in [2.24, 2.45) is 0 Å². The van der Waals surface area contributed by atoms with E-state index in [1.54, 1.807) is 24.3 Å². The molecule has 0 heterocycles. The molecule has 0 aromatic heterocycles. The summed E-state index contributed by atoms with van der Waals surface area (Å²) in [5.74, 6) is -1.68. The normalized spacial score (nSPS) is 14.6. The average molecular weight is 532 g/mol. The lowest BCUT2D eigenvalue weighted by Gasteiger charge is -2.21. The van der Waals surface area contributed by atoms with Gasteiger partial charge in [-0.2, -0.15) is 0 Å². The molecule has 0 radical (unpaired) electrons. The van der Waals surface area contributed by atoms with Crippen molar-refractivity contribution < 1.29 is 13.6 Å². The minimum absolute atomic E-state index is 0.0617. The SMILES string of the molecule is O=C(NCC(CCNC1CCCC1)c1ccc(-c2ccc(F)c(F)c2)cc1)Nc1cc(Cl)cc(Cl)c1. The highest BCUT2D eigenvalue weighted by molar-refractivity contribution is 6.35. The van der Waals surface area contributed by atoms with Gasteiger partial charge in [0.1, 0.15) is 0 Å². The Kier molecular flexibility index (Phi) is 9.19. The smallest absolute Gasteiger partial charge is 0.319 e. The number of nitrogens with one attached hydrogen (secondary N) is 3. The fraction of sp³-hybridized carbons (Fsp3) is 0.321. The molecule has 0 spiro atoms. The van der Waals surface area contributed by atoms with E-state index in [1.807, 2.05) is 24.3 Å². The number of hydrogen-bond acceptors (Lipinski definition) is 2. The number of anilines is 1. The molecule has 0 bridgehead atoms. The summed E-state index contributed by atoms with van der Waals surface area (Å²) in [5, 5.41) is 10.2. The van der Waals surface area contributed by atoms with Crippen molar-refractivity contribution in [2.45, 2.75) is 44.1 Å². The number of benzene rings is 3. The van der Waals surface area contributed by atoms with E-state index < -0.39 is 11.6 Å². The van der Waals surface area contributed by atoms with Crippen molar-refractivity contribution in [1.29, 1.82) is 0 Å². The van der Waals surface area contributed by atoms with Crippen molar-refractivity contribution in [1.82, 2.24) is 10.6 Å². The first-order valence-corrected chi connectivity index (χ1v) is 12.9. The minimum atomic E-state index is -0.872. The summed E-state index contributed by atoms with van der Waals surface area (Å²) >= 11 is 12.0. The molecule has 3 aromatic rings. The van der Waals surface area contributed by atoms with Crippen molar-refractivity contribution >= 4 is 34.9 Å². The lowest BCUT2D eigenvalue weighted by Crippen LogP contribution is -2.34. The molecule has 4 rings (SSSR count). The molecule has 1 aliphatic carbocycles. The molecule has 4 nitrogen and oxygen atoms in total. The maximum absolute atomic E-state index is 13.7. The lowest BCUT2D eigenvalue weighted by atomic mass is 9.93. The Balaban J connectivity index is 1.42. The van der Waals surface area contributed by atoms with Crippen LogP contribution in [-0.4, -0.2) is 25.2 Å². The van der Waals surface area contributed by atoms with Gasteiger partial charge in [0.25, 0.3) is 0 Å². The molecule has 0 saturated heterocycles. The molecule has 1 fully saturated rings. The van der Waals surface area contributed by atoms with Gasteiger partial charge in [-0.05, 0) is 72.8 Å². The van der Waals surface area contributed by atoms with Crippen LogP contribution in [0.4, 0.5) is 19.3 Å². The molecular weight excluding hydrogens is 503 g/mol. The summed E-state index contributed by atoms with van der Waals surface area (Å²) in [7, 11) is 0. The summed E-state index contributed by atoms with van der Waals surface area (Å²) in [6.45, 7) is 1.27. The van der Waals surface area contributed by atoms with E-state index in [4.69, 9.17) is 23.2 Å². The van der Waals surface area contributed by atoms with Gasteiger partial charge in [-0.1, -0.05) is 66.4 Å². The van der Waals surface area contributed by atoms with Crippen LogP contribution in [0.5, 0.6) is 0 Å². The molecule has 1 unspecified atom stereocenters. The van der Waals surface area contributed by atoms with Crippen LogP contribution in [0.15, 0.2) is 60.7 Å². The Labute approximate surface area is 220 Å². The number of rotatable bonds is 9. The zero-order chi connectivity index (χ0) is 25.5. The highest BCUT2D eigenvalue weighted by Crippen LogP contribution is 2.27. The molecule has 1 aliphatic rings. The zero-order valence-corrected chi connectivity index (χ0v) is 21.3. The van der Waals surface area contributed by atoms with E-state index in [9.17, 15) is 13.6 Å². The van der Waals surface area contributed by atoms with Crippen LogP contribution in [0.3, 0.4) is 0 Å². The van der Waals surface area contributed by atoms with E-state index in [0.717, 1.165) is 30.2 Å². The number of carbonyl (C=O) groups is 1. The zero-order valence-electron chi connectivity index (χ0n) is 19.8. The minimum Gasteiger partial charge on any atom is -0.337 e. The molecule has 8 heteroatoms. The summed E-state index contributed by atoms with van der Waals surface area (Å²) < 4.78 is 27.0. The number of hydrogen-bond donors (Lipinski definition) is 3. The monoisotopic (exact) mass is 531 g/mol. The second kappa shape index (κ2) is 12.5. The van der Waals surface area contributed by atoms with E-state index in [-0.39, 0.29) is 11.9 Å². The van der Waals surface area contributed by atoms with Crippen LogP contribution in [0.2, 0.25) is 10.0 Å². The van der Waals surface area contributed by atoms with Gasteiger partial charge >= 0.3 is 6.03 Å². The van der Waals surface area contributed by atoms with Gasteiger partial charge in [0.2, 0.25) is 0 Å². The van der Waals surface area contributed by atoms with Gasteiger partial charge < -0.3 is 16.0 Å². The Morgan fingerprint density at radius 1 is 0.889 bits per heavy atom. The quantitative estimate of drug-likeness (QED) is 0.264. The Morgan fingerprint density at radius 2 is 1.56 bits per heavy atom. The third-order valence-electron chi connectivity index (χ3n) is 6.55. The second-order valence-corrected chi connectivity index (χ2v) is 10.0. The summed E-state index contributed by atoms with van der Waals surface area (Å²) in [5.41, 5.74) is 2.97. The highest BCUT2D eigenvalue weighted by Gasteiger charge is 2.17. The Morgan fingerprint density at radius 3 is 2.22 bits per heavy atom. The van der Waals surface area contributed by atoms with E-state index in [2.05, 4.69) is 16.0 Å². The largest absolute Gasteiger partial charge is 0.337 e. The van der Waals surface area contributed by atoms with Crippen molar-refractivity contribution in [2.75, 3.05) is 18.4 Å². The van der Waals surface area contributed by atoms with Gasteiger partial charge in [-0.15, -0.1) is 0 Å². The van der Waals surface area contributed by atoms with Gasteiger partial charge in [0.15, 0.2) is 11.6 Å². The van der Waals surface area contributed by atoms with Crippen molar-refractivity contribution in [3.63, 3.8) is 0 Å². The van der Waals surface area contributed by atoms with Crippen LogP contribution in [-0.2, 0) is 0 Å². The highest BCUT2D eigenvalue weighted by atomic mass is 35.5. The topological polar surface area (TPSA) is 53.2 Å². The summed E-state index contributed by atoms with van der Waals surface area (Å²) in [6, 6.07) is 16.7. The van der Waals surface area contributed by atoms with E-state index in [0.29, 0.717) is 33.9 Å². The number of carbonyl (C=O) groups excluding carboxylic acids is 1. The fourth-order valence-electron chi connectivity index (χ4n) is 4.62. The molecule has 2 amide bonds. The van der Waals surface area contributed by atoms with Crippen molar-refractivity contribution in [3.8, 4) is 11.1 Å². The number of amides is 2. The second-order valence-electron chi connectivity index (χ2n) is 9.17. The Hall–Kier alpha value is -2.67. The van der Waals surface area contributed by atoms with Crippen LogP contribution >= 0.6 is 23.2 Å². The van der Waals surface area contributed by atoms with Gasteiger partial charge in [0.05, 0.1) is 0 Å². The average Bonchev–Trinajstić information content (AvgIpc) is 3.36. The van der Waals surface area contributed by atoms with E-state index >= 15 is 0 Å². The van der Waals surface area contributed by atoms with Crippen LogP contribution in [0, 0.1) is 11.6 Å². The number of urea groups is 1. The third kappa shape index (κ3) is 7.42. The first-order chi connectivity index (χ1) is 17.4. The predicted molar refractivity (Wildman–Crippen MR) is 143 cm³/mol. The van der Waals surface area contributed by atoms with Gasteiger partial charge in [0, 0.05) is 34.2 Å². The van der Waals surface area contributed by atoms with Crippen LogP contribution in [0.25, 0.3) is 11.1 Å². The van der Waals surface area contributed by atoms with Gasteiger partial charge in [-0.25, -0.2) is 13.6 Å². The Bertz CT molecular complexity index is 1160. The maximum atomic E-state index is 13.7. The number of halogens is 4. The first-order valence-electron chi connectivity index (χ1n) is 12.2. The summed E-state index contributed by atoms with van der Waals surface area (Å²) in [6.07, 6.45) is 5.78.